The predicted octanol–water partition coefficient (Wildman–Crippen LogP) is 4.55. The highest BCUT2D eigenvalue weighted by atomic mass is 79.9. The van der Waals surface area contributed by atoms with E-state index in [-0.39, 0.29) is 0 Å². The molecule has 0 aliphatic heterocycles. The van der Waals surface area contributed by atoms with Crippen molar-refractivity contribution in [2.75, 3.05) is 6.54 Å². The van der Waals surface area contributed by atoms with Gasteiger partial charge in [-0.3, -0.25) is 0 Å². The number of halogens is 2. The SMILES string of the molecule is CCNC(c1ccc(Br)c(Cl)c1)C1CCC1. The Morgan fingerprint density at radius 2 is 2.25 bits per heavy atom. The standard InChI is InChI=1S/C13H17BrClN/c1-2-16-13(9-4-3-5-9)10-6-7-11(14)12(15)8-10/h6-9,13,16H,2-5H2,1H3. The van der Waals surface area contributed by atoms with Crippen molar-refractivity contribution in [3.63, 3.8) is 0 Å². The van der Waals surface area contributed by atoms with Gasteiger partial charge in [0.2, 0.25) is 0 Å². The summed E-state index contributed by atoms with van der Waals surface area (Å²) in [6.45, 7) is 3.17. The zero-order valence-electron chi connectivity index (χ0n) is 9.47. The summed E-state index contributed by atoms with van der Waals surface area (Å²) < 4.78 is 0.974. The molecule has 2 rings (SSSR count). The Balaban J connectivity index is 2.20. The van der Waals surface area contributed by atoms with E-state index in [2.05, 4.69) is 40.3 Å². The lowest BCUT2D eigenvalue weighted by Gasteiger charge is -2.34. The van der Waals surface area contributed by atoms with Crippen molar-refractivity contribution in [2.24, 2.45) is 5.92 Å². The molecule has 0 saturated heterocycles. The van der Waals surface area contributed by atoms with Crippen LogP contribution in [0.15, 0.2) is 22.7 Å². The largest absolute Gasteiger partial charge is 0.310 e. The van der Waals surface area contributed by atoms with Gasteiger partial charge in [0, 0.05) is 10.5 Å². The zero-order valence-corrected chi connectivity index (χ0v) is 11.8. The van der Waals surface area contributed by atoms with Crippen LogP contribution in [0.5, 0.6) is 0 Å². The third-order valence-corrected chi connectivity index (χ3v) is 4.58. The van der Waals surface area contributed by atoms with Gasteiger partial charge in [0.25, 0.3) is 0 Å². The van der Waals surface area contributed by atoms with Crippen molar-refractivity contribution in [2.45, 2.75) is 32.2 Å². The van der Waals surface area contributed by atoms with E-state index in [0.29, 0.717) is 6.04 Å². The Morgan fingerprint density at radius 1 is 1.50 bits per heavy atom. The van der Waals surface area contributed by atoms with Gasteiger partial charge in [0.15, 0.2) is 0 Å². The van der Waals surface area contributed by atoms with Crippen LogP contribution in [0.25, 0.3) is 0 Å². The third kappa shape index (κ3) is 2.61. The van der Waals surface area contributed by atoms with E-state index >= 15 is 0 Å². The predicted molar refractivity (Wildman–Crippen MR) is 72.9 cm³/mol. The molecule has 1 N–H and O–H groups in total. The molecule has 1 fully saturated rings. The van der Waals surface area contributed by atoms with Gasteiger partial charge in [0.05, 0.1) is 5.02 Å². The van der Waals surface area contributed by atoms with Crippen LogP contribution in [-0.4, -0.2) is 6.54 Å². The highest BCUT2D eigenvalue weighted by molar-refractivity contribution is 9.10. The Hall–Kier alpha value is -0.0500. The molecule has 88 valence electrons. The molecular weight excluding hydrogens is 286 g/mol. The summed E-state index contributed by atoms with van der Waals surface area (Å²) in [6, 6.07) is 6.77. The number of benzene rings is 1. The van der Waals surface area contributed by atoms with Crippen LogP contribution < -0.4 is 5.32 Å². The average molecular weight is 303 g/mol. The van der Waals surface area contributed by atoms with Crippen molar-refractivity contribution in [3.8, 4) is 0 Å². The van der Waals surface area contributed by atoms with Gasteiger partial charge in [0.1, 0.15) is 0 Å². The van der Waals surface area contributed by atoms with E-state index in [1.165, 1.54) is 24.8 Å². The van der Waals surface area contributed by atoms with Gasteiger partial charge in [-0.15, -0.1) is 0 Å². The van der Waals surface area contributed by atoms with Gasteiger partial charge < -0.3 is 5.32 Å². The Kier molecular flexibility index (Phi) is 4.28. The summed E-state index contributed by atoms with van der Waals surface area (Å²) >= 11 is 9.58. The number of rotatable bonds is 4. The molecule has 0 amide bonds. The molecule has 0 heterocycles. The molecule has 16 heavy (non-hydrogen) atoms. The molecule has 0 radical (unpaired) electrons. The minimum absolute atomic E-state index is 0.476. The van der Waals surface area contributed by atoms with Crippen LogP contribution in [0.4, 0.5) is 0 Å². The fourth-order valence-corrected chi connectivity index (χ4v) is 2.69. The minimum atomic E-state index is 0.476. The van der Waals surface area contributed by atoms with Gasteiger partial charge in [-0.2, -0.15) is 0 Å². The van der Waals surface area contributed by atoms with Crippen molar-refractivity contribution in [1.82, 2.24) is 5.32 Å². The topological polar surface area (TPSA) is 12.0 Å². The van der Waals surface area contributed by atoms with Gasteiger partial charge in [-0.05, 0) is 58.9 Å². The minimum Gasteiger partial charge on any atom is -0.310 e. The van der Waals surface area contributed by atoms with Gasteiger partial charge in [-0.1, -0.05) is 31.0 Å². The number of hydrogen-bond acceptors (Lipinski definition) is 1. The maximum absolute atomic E-state index is 6.15. The van der Waals surface area contributed by atoms with E-state index in [1.54, 1.807) is 0 Å². The smallest absolute Gasteiger partial charge is 0.0551 e. The molecule has 0 bridgehead atoms. The first-order valence-corrected chi connectivity index (χ1v) is 7.07. The molecule has 1 aromatic rings. The number of hydrogen-bond donors (Lipinski definition) is 1. The van der Waals surface area contributed by atoms with Crippen LogP contribution in [-0.2, 0) is 0 Å². The molecule has 3 heteroatoms. The molecule has 1 nitrogen and oxygen atoms in total. The van der Waals surface area contributed by atoms with E-state index in [9.17, 15) is 0 Å². The Morgan fingerprint density at radius 3 is 2.75 bits per heavy atom. The molecule has 1 aromatic carbocycles. The van der Waals surface area contributed by atoms with Crippen LogP contribution in [0.3, 0.4) is 0 Å². The first-order chi connectivity index (χ1) is 7.72. The number of nitrogens with one attached hydrogen (secondary N) is 1. The quantitative estimate of drug-likeness (QED) is 0.860. The summed E-state index contributed by atoms with van der Waals surface area (Å²) in [5.74, 6) is 0.789. The van der Waals surface area contributed by atoms with E-state index in [1.807, 2.05) is 6.07 Å². The first-order valence-electron chi connectivity index (χ1n) is 5.90. The normalized spacial score (nSPS) is 18.2. The maximum Gasteiger partial charge on any atom is 0.0551 e. The molecule has 1 saturated carbocycles. The second kappa shape index (κ2) is 5.52. The summed E-state index contributed by atoms with van der Waals surface area (Å²) in [6.07, 6.45) is 4.05. The molecule has 1 atom stereocenters. The van der Waals surface area contributed by atoms with Crippen molar-refractivity contribution in [1.29, 1.82) is 0 Å². The summed E-state index contributed by atoms with van der Waals surface area (Å²) in [4.78, 5) is 0. The fraction of sp³-hybridized carbons (Fsp3) is 0.538. The third-order valence-electron chi connectivity index (χ3n) is 3.35. The lowest BCUT2D eigenvalue weighted by molar-refractivity contribution is 0.233. The highest BCUT2D eigenvalue weighted by Gasteiger charge is 2.27. The molecule has 0 spiro atoms. The maximum atomic E-state index is 6.15. The van der Waals surface area contributed by atoms with Crippen molar-refractivity contribution < 1.29 is 0 Å². The van der Waals surface area contributed by atoms with Crippen LogP contribution in [0, 0.1) is 5.92 Å². The summed E-state index contributed by atoms with van der Waals surface area (Å²) in [7, 11) is 0. The first kappa shape index (κ1) is 12.4. The highest BCUT2D eigenvalue weighted by Crippen LogP contribution is 2.39. The van der Waals surface area contributed by atoms with E-state index in [4.69, 9.17) is 11.6 Å². The molecule has 1 aliphatic rings. The molecule has 1 aliphatic carbocycles. The van der Waals surface area contributed by atoms with Gasteiger partial charge in [-0.25, -0.2) is 0 Å². The van der Waals surface area contributed by atoms with Crippen LogP contribution in [0.2, 0.25) is 5.02 Å². The molecule has 1 unspecified atom stereocenters. The summed E-state index contributed by atoms with van der Waals surface area (Å²) in [5.41, 5.74) is 1.32. The Bertz CT molecular complexity index is 363. The van der Waals surface area contributed by atoms with E-state index in [0.717, 1.165) is 22.0 Å². The van der Waals surface area contributed by atoms with Crippen LogP contribution in [0.1, 0.15) is 37.8 Å². The van der Waals surface area contributed by atoms with Crippen molar-refractivity contribution >= 4 is 27.5 Å². The zero-order chi connectivity index (χ0) is 11.5. The second-order valence-electron chi connectivity index (χ2n) is 4.40. The average Bonchev–Trinajstić information content (AvgIpc) is 2.19. The lowest BCUT2D eigenvalue weighted by atomic mass is 9.77. The second-order valence-corrected chi connectivity index (χ2v) is 5.66. The van der Waals surface area contributed by atoms with Crippen molar-refractivity contribution in [3.05, 3.63) is 33.3 Å². The summed E-state index contributed by atoms with van der Waals surface area (Å²) in [5, 5.41) is 4.38. The van der Waals surface area contributed by atoms with Crippen LogP contribution >= 0.6 is 27.5 Å². The fourth-order valence-electron chi connectivity index (χ4n) is 2.26. The van der Waals surface area contributed by atoms with Gasteiger partial charge >= 0.3 is 0 Å². The lowest BCUT2D eigenvalue weighted by Crippen LogP contribution is -2.32. The molecule has 0 aromatic heterocycles. The van der Waals surface area contributed by atoms with E-state index < -0.39 is 0 Å². The Labute approximate surface area is 111 Å². The molecular formula is C13H17BrClN. The monoisotopic (exact) mass is 301 g/mol.